The summed E-state index contributed by atoms with van der Waals surface area (Å²) in [6, 6.07) is 5.58. The van der Waals surface area contributed by atoms with Crippen LogP contribution in [0.15, 0.2) is 23.0 Å². The molecule has 1 aliphatic rings. The van der Waals surface area contributed by atoms with Gasteiger partial charge in [-0.2, -0.15) is 0 Å². The third-order valence-electron chi connectivity index (χ3n) is 5.46. The van der Waals surface area contributed by atoms with Crippen molar-refractivity contribution in [3.05, 3.63) is 61.5 Å². The van der Waals surface area contributed by atoms with Crippen LogP contribution in [0.1, 0.15) is 53.0 Å². The molecule has 0 radical (unpaired) electrons. The molecule has 7 heteroatoms. The predicted molar refractivity (Wildman–Crippen MR) is 117 cm³/mol. The topological polar surface area (TPSA) is 82.6 Å². The number of halogens is 1. The Balaban J connectivity index is 1.91. The highest BCUT2D eigenvalue weighted by atomic mass is 35.5. The van der Waals surface area contributed by atoms with E-state index in [1.807, 2.05) is 39.8 Å². The average Bonchev–Trinajstić information content (AvgIpc) is 2.83. The fraction of sp³-hybridized carbons (Fsp3) is 0.478. The lowest BCUT2D eigenvalue weighted by molar-refractivity contribution is 0.0746. The molecule has 30 heavy (non-hydrogen) atoms. The molecule has 2 N–H and O–H groups in total. The number of aromatic amines is 1. The molecule has 0 atom stereocenters. The summed E-state index contributed by atoms with van der Waals surface area (Å²) in [4.78, 5) is 30.3. The zero-order valence-corrected chi connectivity index (χ0v) is 18.7. The minimum atomic E-state index is -0.420. The van der Waals surface area contributed by atoms with Crippen LogP contribution in [0.4, 0.5) is 0 Å². The normalized spacial score (nSPS) is 14.5. The highest BCUT2D eigenvalue weighted by Gasteiger charge is 2.28. The first-order valence-corrected chi connectivity index (χ1v) is 10.5. The van der Waals surface area contributed by atoms with Gasteiger partial charge < -0.3 is 19.7 Å². The quantitative estimate of drug-likeness (QED) is 0.730. The van der Waals surface area contributed by atoms with E-state index in [1.165, 1.54) is 0 Å². The Labute approximate surface area is 181 Å². The SMILES string of the molecule is Cc1cc(C)c(CN2CCCc3ccc(OCC(C)(C)CO)c(Cl)c3C2=O)c(=O)[nH]1. The number of ether oxygens (including phenoxy) is 1. The van der Waals surface area contributed by atoms with E-state index in [0.29, 0.717) is 23.4 Å². The minimum absolute atomic E-state index is 0.0211. The molecule has 0 saturated heterocycles. The first-order chi connectivity index (χ1) is 14.1. The lowest BCUT2D eigenvalue weighted by atomic mass is 9.96. The summed E-state index contributed by atoms with van der Waals surface area (Å²) >= 11 is 6.61. The van der Waals surface area contributed by atoms with E-state index in [2.05, 4.69) is 4.98 Å². The molecule has 3 rings (SSSR count). The van der Waals surface area contributed by atoms with Gasteiger partial charge in [-0.3, -0.25) is 9.59 Å². The Hall–Kier alpha value is -2.31. The molecule has 0 saturated carbocycles. The number of aliphatic hydroxyl groups excluding tert-OH is 1. The van der Waals surface area contributed by atoms with E-state index < -0.39 is 5.41 Å². The van der Waals surface area contributed by atoms with Gasteiger partial charge in [-0.15, -0.1) is 0 Å². The number of benzene rings is 1. The maximum atomic E-state index is 13.4. The van der Waals surface area contributed by atoms with Crippen molar-refractivity contribution in [3.8, 4) is 5.75 Å². The van der Waals surface area contributed by atoms with E-state index in [9.17, 15) is 14.7 Å². The van der Waals surface area contributed by atoms with Crippen molar-refractivity contribution in [3.63, 3.8) is 0 Å². The monoisotopic (exact) mass is 432 g/mol. The number of carbonyl (C=O) groups is 1. The van der Waals surface area contributed by atoms with Crippen LogP contribution in [0.25, 0.3) is 0 Å². The first-order valence-electron chi connectivity index (χ1n) is 10.2. The summed E-state index contributed by atoms with van der Waals surface area (Å²) < 4.78 is 5.83. The van der Waals surface area contributed by atoms with Gasteiger partial charge in [-0.25, -0.2) is 0 Å². The van der Waals surface area contributed by atoms with Gasteiger partial charge in [0, 0.05) is 23.2 Å². The summed E-state index contributed by atoms with van der Waals surface area (Å²) in [5, 5.41) is 9.73. The van der Waals surface area contributed by atoms with Gasteiger partial charge in [0.05, 0.1) is 30.3 Å². The van der Waals surface area contributed by atoms with Crippen LogP contribution in [0.5, 0.6) is 5.75 Å². The molecular weight excluding hydrogens is 404 g/mol. The fourth-order valence-corrected chi connectivity index (χ4v) is 3.93. The molecule has 2 heterocycles. The number of aromatic nitrogens is 1. The Kier molecular flexibility index (Phi) is 6.58. The second-order valence-electron chi connectivity index (χ2n) is 8.80. The number of aliphatic hydroxyl groups is 1. The maximum absolute atomic E-state index is 13.4. The lowest BCUT2D eigenvalue weighted by Gasteiger charge is -2.24. The van der Waals surface area contributed by atoms with E-state index in [0.717, 1.165) is 29.7 Å². The number of nitrogens with one attached hydrogen (secondary N) is 1. The number of rotatable bonds is 6. The number of nitrogens with zero attached hydrogens (tertiary/aromatic N) is 1. The number of hydrogen-bond acceptors (Lipinski definition) is 4. The van der Waals surface area contributed by atoms with Crippen LogP contribution in [0.2, 0.25) is 5.02 Å². The highest BCUT2D eigenvalue weighted by molar-refractivity contribution is 6.35. The zero-order chi connectivity index (χ0) is 22.1. The van der Waals surface area contributed by atoms with Crippen molar-refractivity contribution in [2.75, 3.05) is 19.8 Å². The molecule has 0 aliphatic carbocycles. The van der Waals surface area contributed by atoms with Gasteiger partial charge >= 0.3 is 0 Å². The van der Waals surface area contributed by atoms with Crippen LogP contribution in [-0.2, 0) is 13.0 Å². The van der Waals surface area contributed by atoms with Crippen molar-refractivity contribution in [1.29, 1.82) is 0 Å². The van der Waals surface area contributed by atoms with Crippen molar-refractivity contribution < 1.29 is 14.6 Å². The number of pyridine rings is 1. The van der Waals surface area contributed by atoms with Crippen LogP contribution in [-0.4, -0.2) is 40.7 Å². The van der Waals surface area contributed by atoms with Crippen molar-refractivity contribution in [2.45, 2.75) is 47.1 Å². The standard InChI is InChI=1S/C23H29ClN2O4/c1-14-10-15(2)25-21(28)17(14)11-26-9-5-6-16-7-8-18(20(24)19(16)22(26)29)30-13-23(3,4)12-27/h7-8,10,27H,5-6,9,11-13H2,1-4H3,(H,25,28). The maximum Gasteiger partial charge on any atom is 0.256 e. The molecular formula is C23H29ClN2O4. The Morgan fingerprint density at radius 1 is 1.27 bits per heavy atom. The Morgan fingerprint density at radius 3 is 2.67 bits per heavy atom. The third kappa shape index (κ3) is 4.71. The van der Waals surface area contributed by atoms with E-state index >= 15 is 0 Å². The van der Waals surface area contributed by atoms with E-state index in [1.54, 1.807) is 11.0 Å². The Morgan fingerprint density at radius 2 is 2.00 bits per heavy atom. The van der Waals surface area contributed by atoms with Crippen LogP contribution in [0.3, 0.4) is 0 Å². The van der Waals surface area contributed by atoms with Crippen molar-refractivity contribution in [1.82, 2.24) is 9.88 Å². The number of hydrogen-bond donors (Lipinski definition) is 2. The van der Waals surface area contributed by atoms with Crippen LogP contribution in [0, 0.1) is 19.3 Å². The van der Waals surface area contributed by atoms with Crippen molar-refractivity contribution in [2.24, 2.45) is 5.41 Å². The predicted octanol–water partition coefficient (Wildman–Crippen LogP) is 3.63. The number of fused-ring (bicyclic) bond motifs is 1. The number of aryl methyl sites for hydroxylation is 3. The number of H-pyrrole nitrogens is 1. The van der Waals surface area contributed by atoms with Gasteiger partial charge in [0.15, 0.2) is 0 Å². The number of amides is 1. The summed E-state index contributed by atoms with van der Waals surface area (Å²) in [6.45, 7) is 8.53. The van der Waals surface area contributed by atoms with E-state index in [4.69, 9.17) is 16.3 Å². The van der Waals surface area contributed by atoms with Gasteiger partial charge in [-0.1, -0.05) is 31.5 Å². The fourth-order valence-electron chi connectivity index (χ4n) is 3.61. The molecule has 1 aromatic carbocycles. The minimum Gasteiger partial charge on any atom is -0.491 e. The molecule has 6 nitrogen and oxygen atoms in total. The van der Waals surface area contributed by atoms with Gasteiger partial charge in [0.1, 0.15) is 5.75 Å². The summed E-state index contributed by atoms with van der Waals surface area (Å²) in [5.74, 6) is 0.232. The molecule has 0 unspecified atom stereocenters. The molecule has 1 amide bonds. The smallest absolute Gasteiger partial charge is 0.256 e. The lowest BCUT2D eigenvalue weighted by Crippen LogP contribution is -2.33. The summed E-state index contributed by atoms with van der Waals surface area (Å²) in [5.41, 5.74) is 2.98. The summed E-state index contributed by atoms with van der Waals surface area (Å²) in [6.07, 6.45) is 1.51. The third-order valence-corrected chi connectivity index (χ3v) is 5.83. The van der Waals surface area contributed by atoms with Gasteiger partial charge in [-0.05, 0) is 49.9 Å². The highest BCUT2D eigenvalue weighted by Crippen LogP contribution is 2.35. The van der Waals surface area contributed by atoms with Gasteiger partial charge in [0.25, 0.3) is 11.5 Å². The molecule has 0 bridgehead atoms. The van der Waals surface area contributed by atoms with Crippen molar-refractivity contribution >= 4 is 17.5 Å². The first kappa shape index (κ1) is 22.4. The molecule has 0 spiro atoms. The van der Waals surface area contributed by atoms with Gasteiger partial charge in [0.2, 0.25) is 0 Å². The number of carbonyl (C=O) groups excluding carboxylic acids is 1. The summed E-state index contributed by atoms with van der Waals surface area (Å²) in [7, 11) is 0. The van der Waals surface area contributed by atoms with Crippen LogP contribution >= 0.6 is 11.6 Å². The molecule has 0 fully saturated rings. The second-order valence-corrected chi connectivity index (χ2v) is 9.17. The van der Waals surface area contributed by atoms with E-state index in [-0.39, 0.29) is 36.2 Å². The van der Waals surface area contributed by atoms with Crippen LogP contribution < -0.4 is 10.3 Å². The zero-order valence-electron chi connectivity index (χ0n) is 18.0. The largest absolute Gasteiger partial charge is 0.491 e. The molecule has 162 valence electrons. The molecule has 1 aliphatic heterocycles. The molecule has 1 aromatic heterocycles. The second kappa shape index (κ2) is 8.82. The Bertz CT molecular complexity index is 1010. The average molecular weight is 433 g/mol. The molecule has 2 aromatic rings.